The van der Waals surface area contributed by atoms with E-state index in [2.05, 4.69) is 5.32 Å². The second-order valence-corrected chi connectivity index (χ2v) is 4.60. The van der Waals surface area contributed by atoms with E-state index in [0.717, 1.165) is 16.7 Å². The van der Waals surface area contributed by atoms with Gasteiger partial charge in [-0.2, -0.15) is 0 Å². The summed E-state index contributed by atoms with van der Waals surface area (Å²) in [5.41, 5.74) is 2.86. The van der Waals surface area contributed by atoms with Gasteiger partial charge in [-0.3, -0.25) is 4.79 Å². The van der Waals surface area contributed by atoms with Gasteiger partial charge in [-0.05, 0) is 36.3 Å². The van der Waals surface area contributed by atoms with Crippen molar-refractivity contribution in [3.05, 3.63) is 77.1 Å². The highest BCUT2D eigenvalue weighted by molar-refractivity contribution is 5.91. The van der Waals surface area contributed by atoms with Gasteiger partial charge in [0.1, 0.15) is 5.82 Å². The highest BCUT2D eigenvalue weighted by Gasteiger charge is 1.98. The smallest absolute Gasteiger partial charge is 0.244 e. The van der Waals surface area contributed by atoms with E-state index < -0.39 is 0 Å². The molecule has 0 radical (unpaired) electrons. The van der Waals surface area contributed by atoms with Gasteiger partial charge >= 0.3 is 0 Å². The first kappa shape index (κ1) is 14.0. The molecule has 0 aliphatic carbocycles. The maximum absolute atomic E-state index is 13.0. The molecule has 2 aromatic carbocycles. The molecular weight excluding hydrogens is 253 g/mol. The monoisotopic (exact) mass is 269 g/mol. The summed E-state index contributed by atoms with van der Waals surface area (Å²) in [6.45, 7) is 2.32. The molecule has 0 saturated heterocycles. The lowest BCUT2D eigenvalue weighted by molar-refractivity contribution is -0.116. The minimum atomic E-state index is -0.299. The van der Waals surface area contributed by atoms with Gasteiger partial charge in [-0.15, -0.1) is 0 Å². The zero-order valence-corrected chi connectivity index (χ0v) is 11.3. The molecule has 1 amide bonds. The van der Waals surface area contributed by atoms with Crippen LogP contribution in [0.15, 0.2) is 54.6 Å². The van der Waals surface area contributed by atoms with E-state index in [1.54, 1.807) is 18.2 Å². The molecule has 0 atom stereocenters. The number of amides is 1. The molecule has 2 aromatic rings. The van der Waals surface area contributed by atoms with Gasteiger partial charge in [0.25, 0.3) is 0 Å². The van der Waals surface area contributed by atoms with Crippen molar-refractivity contribution >= 4 is 12.0 Å². The Bertz CT molecular complexity index is 634. The summed E-state index contributed by atoms with van der Waals surface area (Å²) in [7, 11) is 0. The zero-order valence-electron chi connectivity index (χ0n) is 11.3. The van der Waals surface area contributed by atoms with Gasteiger partial charge < -0.3 is 5.32 Å². The van der Waals surface area contributed by atoms with Crippen molar-refractivity contribution in [3.63, 3.8) is 0 Å². The molecule has 0 fully saturated rings. The SMILES string of the molecule is Cc1cccc(/C=C/C(=O)NCc2cccc(F)c2)c1. The maximum atomic E-state index is 13.0. The molecule has 2 nitrogen and oxygen atoms in total. The van der Waals surface area contributed by atoms with Gasteiger partial charge in [0.2, 0.25) is 5.91 Å². The van der Waals surface area contributed by atoms with Crippen LogP contribution in [0.4, 0.5) is 4.39 Å². The van der Waals surface area contributed by atoms with Crippen LogP contribution in [-0.4, -0.2) is 5.91 Å². The molecule has 1 N–H and O–H groups in total. The fraction of sp³-hybridized carbons (Fsp3) is 0.118. The van der Waals surface area contributed by atoms with Crippen LogP contribution in [0.2, 0.25) is 0 Å². The predicted molar refractivity (Wildman–Crippen MR) is 78.5 cm³/mol. The number of carbonyl (C=O) groups is 1. The second kappa shape index (κ2) is 6.66. The number of carbonyl (C=O) groups excluding carboxylic acids is 1. The average Bonchev–Trinajstić information content (AvgIpc) is 2.43. The fourth-order valence-corrected chi connectivity index (χ4v) is 1.84. The number of nitrogens with one attached hydrogen (secondary N) is 1. The standard InChI is InChI=1S/C17H16FNO/c1-13-4-2-5-14(10-13)8-9-17(20)19-12-15-6-3-7-16(18)11-15/h2-11H,12H2,1H3,(H,19,20)/b9-8+. The number of hydrogen-bond donors (Lipinski definition) is 1. The van der Waals surface area contributed by atoms with Crippen LogP contribution in [0.1, 0.15) is 16.7 Å². The van der Waals surface area contributed by atoms with E-state index in [4.69, 9.17) is 0 Å². The number of benzene rings is 2. The van der Waals surface area contributed by atoms with Crippen LogP contribution in [0.5, 0.6) is 0 Å². The first-order chi connectivity index (χ1) is 9.63. The third kappa shape index (κ3) is 4.35. The average molecular weight is 269 g/mol. The first-order valence-electron chi connectivity index (χ1n) is 6.40. The molecule has 3 heteroatoms. The van der Waals surface area contributed by atoms with E-state index in [0.29, 0.717) is 6.54 Å². The normalized spacial score (nSPS) is 10.7. The minimum absolute atomic E-state index is 0.198. The van der Waals surface area contributed by atoms with Gasteiger partial charge in [0.15, 0.2) is 0 Å². The molecule has 2 rings (SSSR count). The zero-order chi connectivity index (χ0) is 14.4. The third-order valence-electron chi connectivity index (χ3n) is 2.83. The van der Waals surface area contributed by atoms with Crippen molar-refractivity contribution in [3.8, 4) is 0 Å². The Morgan fingerprint density at radius 2 is 2.00 bits per heavy atom. The molecular formula is C17H16FNO. The largest absolute Gasteiger partial charge is 0.348 e. The number of halogens is 1. The molecule has 0 heterocycles. The fourth-order valence-electron chi connectivity index (χ4n) is 1.84. The molecule has 0 aliphatic rings. The van der Waals surface area contributed by atoms with Crippen molar-refractivity contribution in [2.45, 2.75) is 13.5 Å². The third-order valence-corrected chi connectivity index (χ3v) is 2.83. The van der Waals surface area contributed by atoms with E-state index in [1.165, 1.54) is 18.2 Å². The van der Waals surface area contributed by atoms with E-state index in [-0.39, 0.29) is 11.7 Å². The lowest BCUT2D eigenvalue weighted by atomic mass is 10.1. The summed E-state index contributed by atoms with van der Waals surface area (Å²) in [4.78, 5) is 11.7. The Kier molecular flexibility index (Phi) is 4.66. The molecule has 0 aromatic heterocycles. The van der Waals surface area contributed by atoms with Crippen molar-refractivity contribution in [2.75, 3.05) is 0 Å². The maximum Gasteiger partial charge on any atom is 0.244 e. The Morgan fingerprint density at radius 1 is 1.20 bits per heavy atom. The number of hydrogen-bond acceptors (Lipinski definition) is 1. The summed E-state index contributed by atoms with van der Waals surface area (Å²) in [6, 6.07) is 14.1. The molecule has 102 valence electrons. The van der Waals surface area contributed by atoms with Crippen LogP contribution in [0.25, 0.3) is 6.08 Å². The molecule has 0 aliphatic heterocycles. The lowest BCUT2D eigenvalue weighted by Gasteiger charge is -2.02. The van der Waals surface area contributed by atoms with Gasteiger partial charge in [0, 0.05) is 12.6 Å². The summed E-state index contributed by atoms with van der Waals surface area (Å²) in [5.74, 6) is -0.497. The van der Waals surface area contributed by atoms with Gasteiger partial charge in [-0.1, -0.05) is 42.0 Å². The molecule has 0 unspecified atom stereocenters. The minimum Gasteiger partial charge on any atom is -0.348 e. The Hall–Kier alpha value is -2.42. The summed E-state index contributed by atoms with van der Waals surface area (Å²) < 4.78 is 13.0. The highest BCUT2D eigenvalue weighted by Crippen LogP contribution is 2.06. The van der Waals surface area contributed by atoms with E-state index in [1.807, 2.05) is 31.2 Å². The molecule has 20 heavy (non-hydrogen) atoms. The van der Waals surface area contributed by atoms with E-state index >= 15 is 0 Å². The second-order valence-electron chi connectivity index (χ2n) is 4.60. The summed E-state index contributed by atoms with van der Waals surface area (Å²) >= 11 is 0. The van der Waals surface area contributed by atoms with Crippen LogP contribution < -0.4 is 5.32 Å². The van der Waals surface area contributed by atoms with Gasteiger partial charge in [0.05, 0.1) is 0 Å². The van der Waals surface area contributed by atoms with Gasteiger partial charge in [-0.25, -0.2) is 4.39 Å². The summed E-state index contributed by atoms with van der Waals surface area (Å²) in [5, 5.41) is 2.72. The number of rotatable bonds is 4. The molecule has 0 spiro atoms. The Morgan fingerprint density at radius 3 is 2.75 bits per heavy atom. The summed E-state index contributed by atoms with van der Waals surface area (Å²) in [6.07, 6.45) is 3.24. The molecule has 0 saturated carbocycles. The van der Waals surface area contributed by atoms with Crippen molar-refractivity contribution < 1.29 is 9.18 Å². The Balaban J connectivity index is 1.89. The van der Waals surface area contributed by atoms with Crippen LogP contribution in [0, 0.1) is 12.7 Å². The van der Waals surface area contributed by atoms with Crippen molar-refractivity contribution in [2.24, 2.45) is 0 Å². The number of aryl methyl sites for hydroxylation is 1. The van der Waals surface area contributed by atoms with E-state index in [9.17, 15) is 9.18 Å². The predicted octanol–water partition coefficient (Wildman–Crippen LogP) is 3.46. The van der Waals surface area contributed by atoms with Crippen LogP contribution in [-0.2, 0) is 11.3 Å². The van der Waals surface area contributed by atoms with Crippen molar-refractivity contribution in [1.29, 1.82) is 0 Å². The highest BCUT2D eigenvalue weighted by atomic mass is 19.1. The van der Waals surface area contributed by atoms with Crippen LogP contribution in [0.3, 0.4) is 0 Å². The van der Waals surface area contributed by atoms with Crippen molar-refractivity contribution in [1.82, 2.24) is 5.32 Å². The topological polar surface area (TPSA) is 29.1 Å². The van der Waals surface area contributed by atoms with Crippen LogP contribution >= 0.6 is 0 Å². The first-order valence-corrected chi connectivity index (χ1v) is 6.40. The quantitative estimate of drug-likeness (QED) is 0.846. The lowest BCUT2D eigenvalue weighted by Crippen LogP contribution is -2.20. The molecule has 0 bridgehead atoms. The Labute approximate surface area is 118 Å².